The third kappa shape index (κ3) is 3.32. The van der Waals surface area contributed by atoms with Gasteiger partial charge in [-0.2, -0.15) is 5.10 Å². The first-order chi connectivity index (χ1) is 8.88. The zero-order valence-electron chi connectivity index (χ0n) is 10.4. The van der Waals surface area contributed by atoms with E-state index in [2.05, 4.69) is 35.8 Å². The fourth-order valence-corrected chi connectivity index (χ4v) is 2.92. The van der Waals surface area contributed by atoms with Gasteiger partial charge in [-0.3, -0.25) is 14.8 Å². The first-order valence-electron chi connectivity index (χ1n) is 5.57. The van der Waals surface area contributed by atoms with Gasteiger partial charge in [0.25, 0.3) is 10.0 Å². The quantitative estimate of drug-likeness (QED) is 0.891. The fourth-order valence-electron chi connectivity index (χ4n) is 1.42. The molecule has 0 unspecified atom stereocenters. The van der Waals surface area contributed by atoms with Gasteiger partial charge in [-0.1, -0.05) is 13.8 Å². The molecule has 19 heavy (non-hydrogen) atoms. The predicted molar refractivity (Wildman–Crippen MR) is 75.4 cm³/mol. The Labute approximate surface area is 119 Å². The van der Waals surface area contributed by atoms with Gasteiger partial charge in [0.15, 0.2) is 5.82 Å². The number of hydrogen-bond acceptors (Lipinski definition) is 4. The van der Waals surface area contributed by atoms with Crippen LogP contribution in [0.25, 0.3) is 0 Å². The van der Waals surface area contributed by atoms with E-state index in [0.29, 0.717) is 4.47 Å². The molecule has 2 rings (SSSR count). The summed E-state index contributed by atoms with van der Waals surface area (Å²) in [4.78, 5) is 3.91. The SMILES string of the molecule is CC(C)c1cc(NS(=O)(=O)c2cncc(Br)c2)n[nH]1. The summed E-state index contributed by atoms with van der Waals surface area (Å²) >= 11 is 3.19. The van der Waals surface area contributed by atoms with Crippen LogP contribution in [0.2, 0.25) is 0 Å². The smallest absolute Gasteiger partial charge is 0.264 e. The van der Waals surface area contributed by atoms with Gasteiger partial charge in [-0.25, -0.2) is 8.42 Å². The highest BCUT2D eigenvalue weighted by Gasteiger charge is 2.17. The molecule has 0 fully saturated rings. The van der Waals surface area contributed by atoms with Crippen LogP contribution in [-0.4, -0.2) is 23.6 Å². The summed E-state index contributed by atoms with van der Waals surface area (Å²) < 4.78 is 27.2. The molecule has 0 amide bonds. The van der Waals surface area contributed by atoms with Crippen molar-refractivity contribution in [2.24, 2.45) is 0 Å². The number of halogens is 1. The number of nitrogens with zero attached hydrogens (tertiary/aromatic N) is 2. The van der Waals surface area contributed by atoms with Crippen molar-refractivity contribution in [2.75, 3.05) is 4.72 Å². The Balaban J connectivity index is 2.26. The van der Waals surface area contributed by atoms with Crippen molar-refractivity contribution in [3.8, 4) is 0 Å². The third-order valence-electron chi connectivity index (χ3n) is 2.45. The summed E-state index contributed by atoms with van der Waals surface area (Å²) in [5.41, 5.74) is 0.866. The lowest BCUT2D eigenvalue weighted by atomic mass is 10.1. The largest absolute Gasteiger partial charge is 0.280 e. The van der Waals surface area contributed by atoms with Gasteiger partial charge in [0.05, 0.1) is 0 Å². The number of pyridine rings is 1. The van der Waals surface area contributed by atoms with E-state index in [9.17, 15) is 8.42 Å². The van der Waals surface area contributed by atoms with Gasteiger partial charge >= 0.3 is 0 Å². The van der Waals surface area contributed by atoms with Crippen molar-refractivity contribution in [2.45, 2.75) is 24.7 Å². The van der Waals surface area contributed by atoms with Crippen LogP contribution in [-0.2, 0) is 10.0 Å². The second-order valence-electron chi connectivity index (χ2n) is 4.31. The second kappa shape index (κ2) is 5.30. The van der Waals surface area contributed by atoms with E-state index in [4.69, 9.17) is 0 Å². The molecule has 0 aliphatic heterocycles. The van der Waals surface area contributed by atoms with Gasteiger partial charge in [0.1, 0.15) is 4.90 Å². The fraction of sp³-hybridized carbons (Fsp3) is 0.273. The monoisotopic (exact) mass is 344 g/mol. The molecule has 2 aromatic rings. The highest BCUT2D eigenvalue weighted by atomic mass is 79.9. The van der Waals surface area contributed by atoms with E-state index in [1.54, 1.807) is 6.07 Å². The van der Waals surface area contributed by atoms with E-state index in [0.717, 1.165) is 5.69 Å². The molecule has 2 N–H and O–H groups in total. The van der Waals surface area contributed by atoms with Crippen molar-refractivity contribution in [3.63, 3.8) is 0 Å². The number of sulfonamides is 1. The van der Waals surface area contributed by atoms with Crippen LogP contribution >= 0.6 is 15.9 Å². The average Bonchev–Trinajstić information content (AvgIpc) is 2.77. The summed E-state index contributed by atoms with van der Waals surface area (Å²) in [6.45, 7) is 3.98. The van der Waals surface area contributed by atoms with Gasteiger partial charge in [0, 0.05) is 28.6 Å². The van der Waals surface area contributed by atoms with Crippen LogP contribution in [0.15, 0.2) is 33.9 Å². The number of aromatic nitrogens is 3. The molecule has 0 aliphatic carbocycles. The van der Waals surface area contributed by atoms with Crippen LogP contribution in [0.1, 0.15) is 25.5 Å². The van der Waals surface area contributed by atoms with E-state index in [1.165, 1.54) is 18.5 Å². The van der Waals surface area contributed by atoms with Crippen molar-refractivity contribution in [3.05, 3.63) is 34.7 Å². The van der Waals surface area contributed by atoms with Crippen molar-refractivity contribution in [1.82, 2.24) is 15.2 Å². The Morgan fingerprint density at radius 1 is 1.32 bits per heavy atom. The molecular weight excluding hydrogens is 332 g/mol. The lowest BCUT2D eigenvalue weighted by Crippen LogP contribution is -2.13. The van der Waals surface area contributed by atoms with Gasteiger partial charge < -0.3 is 0 Å². The zero-order chi connectivity index (χ0) is 14.0. The Bertz CT molecular complexity index is 682. The summed E-state index contributed by atoms with van der Waals surface area (Å²) in [7, 11) is -3.67. The molecule has 0 aliphatic rings. The summed E-state index contributed by atoms with van der Waals surface area (Å²) in [5, 5.41) is 6.71. The Kier molecular flexibility index (Phi) is 3.91. The van der Waals surface area contributed by atoms with Crippen LogP contribution in [0.3, 0.4) is 0 Å². The highest BCUT2D eigenvalue weighted by molar-refractivity contribution is 9.10. The van der Waals surface area contributed by atoms with Crippen molar-refractivity contribution in [1.29, 1.82) is 0 Å². The Morgan fingerprint density at radius 3 is 2.63 bits per heavy atom. The molecule has 0 spiro atoms. The normalized spacial score (nSPS) is 11.8. The van der Waals surface area contributed by atoms with Gasteiger partial charge in [-0.15, -0.1) is 0 Å². The maximum absolute atomic E-state index is 12.1. The average molecular weight is 345 g/mol. The molecule has 0 radical (unpaired) electrons. The number of hydrogen-bond donors (Lipinski definition) is 2. The lowest BCUT2D eigenvalue weighted by molar-refractivity contribution is 0.600. The molecule has 0 saturated carbocycles. The molecule has 0 aromatic carbocycles. The lowest BCUT2D eigenvalue weighted by Gasteiger charge is -2.04. The zero-order valence-corrected chi connectivity index (χ0v) is 12.8. The van der Waals surface area contributed by atoms with Crippen LogP contribution in [0.4, 0.5) is 5.82 Å². The summed E-state index contributed by atoms with van der Waals surface area (Å²) in [5.74, 6) is 0.516. The predicted octanol–water partition coefficient (Wildman–Crippen LogP) is 2.49. The highest BCUT2D eigenvalue weighted by Crippen LogP contribution is 2.19. The molecular formula is C11H13BrN4O2S. The molecule has 6 nitrogen and oxygen atoms in total. The molecule has 2 aromatic heterocycles. The molecule has 0 atom stereocenters. The van der Waals surface area contributed by atoms with E-state index in [1.807, 2.05) is 13.8 Å². The first-order valence-corrected chi connectivity index (χ1v) is 7.85. The van der Waals surface area contributed by atoms with Crippen LogP contribution in [0, 0.1) is 0 Å². The van der Waals surface area contributed by atoms with Crippen molar-refractivity contribution >= 4 is 31.8 Å². The number of nitrogens with one attached hydrogen (secondary N) is 2. The number of anilines is 1. The van der Waals surface area contributed by atoms with E-state index >= 15 is 0 Å². The molecule has 0 saturated heterocycles. The Morgan fingerprint density at radius 2 is 2.05 bits per heavy atom. The minimum atomic E-state index is -3.67. The van der Waals surface area contributed by atoms with Crippen LogP contribution in [0.5, 0.6) is 0 Å². The standard InChI is InChI=1S/C11H13BrN4O2S/c1-7(2)10-4-11(15-14-10)16-19(17,18)9-3-8(12)5-13-6-9/h3-7H,1-2H3,(H2,14,15,16). The third-order valence-corrected chi connectivity index (χ3v) is 4.20. The first kappa shape index (κ1) is 14.0. The maximum Gasteiger partial charge on any atom is 0.264 e. The number of rotatable bonds is 4. The summed E-state index contributed by atoms with van der Waals surface area (Å²) in [6, 6.07) is 3.15. The molecule has 8 heteroatoms. The molecule has 2 heterocycles. The molecule has 0 bridgehead atoms. The maximum atomic E-state index is 12.1. The van der Waals surface area contributed by atoms with Crippen molar-refractivity contribution < 1.29 is 8.42 Å². The van der Waals surface area contributed by atoms with Gasteiger partial charge in [-0.05, 0) is 27.9 Å². The topological polar surface area (TPSA) is 87.7 Å². The van der Waals surface area contributed by atoms with E-state index in [-0.39, 0.29) is 16.6 Å². The minimum Gasteiger partial charge on any atom is -0.280 e. The summed E-state index contributed by atoms with van der Waals surface area (Å²) in [6.07, 6.45) is 2.80. The molecule has 102 valence electrons. The van der Waals surface area contributed by atoms with Crippen LogP contribution < -0.4 is 4.72 Å². The number of aromatic amines is 1. The van der Waals surface area contributed by atoms with E-state index < -0.39 is 10.0 Å². The minimum absolute atomic E-state index is 0.0796. The number of H-pyrrole nitrogens is 1. The van der Waals surface area contributed by atoms with Gasteiger partial charge in [0.2, 0.25) is 0 Å². The Hall–Kier alpha value is -1.41. The second-order valence-corrected chi connectivity index (χ2v) is 6.91.